The third-order valence-corrected chi connectivity index (χ3v) is 5.33. The Morgan fingerprint density at radius 2 is 1.93 bits per heavy atom. The second kappa shape index (κ2) is 5.43. The predicted molar refractivity (Wildman–Crippen MR) is 68.9 cm³/mol. The SMILES string of the molecule is N[C@@H](Cc1ccc(Br)c(Br)c1Br)C(=O)O. The molecule has 0 amide bonds. The first-order valence-electron chi connectivity index (χ1n) is 4.04. The van der Waals surface area contributed by atoms with Crippen LogP contribution in [0.15, 0.2) is 25.6 Å². The molecule has 0 saturated heterocycles. The van der Waals surface area contributed by atoms with Crippen molar-refractivity contribution in [3.63, 3.8) is 0 Å². The molecule has 3 nitrogen and oxygen atoms in total. The fourth-order valence-electron chi connectivity index (χ4n) is 1.05. The largest absolute Gasteiger partial charge is 0.480 e. The molecule has 0 spiro atoms. The van der Waals surface area contributed by atoms with Gasteiger partial charge in [0, 0.05) is 13.4 Å². The highest BCUT2D eigenvalue weighted by Crippen LogP contribution is 2.33. The van der Waals surface area contributed by atoms with Crippen molar-refractivity contribution in [3.8, 4) is 0 Å². The van der Waals surface area contributed by atoms with E-state index in [2.05, 4.69) is 47.8 Å². The summed E-state index contributed by atoms with van der Waals surface area (Å²) in [6, 6.07) is 2.80. The number of rotatable bonds is 3. The topological polar surface area (TPSA) is 63.3 Å². The molecule has 0 aliphatic rings. The van der Waals surface area contributed by atoms with Gasteiger partial charge in [0.1, 0.15) is 6.04 Å². The molecule has 1 rings (SSSR count). The zero-order valence-corrected chi connectivity index (χ0v) is 12.3. The second-order valence-electron chi connectivity index (χ2n) is 2.98. The Kier molecular flexibility index (Phi) is 4.76. The van der Waals surface area contributed by atoms with E-state index in [1.54, 1.807) is 0 Å². The van der Waals surface area contributed by atoms with Gasteiger partial charge in [-0.15, -0.1) is 0 Å². The highest BCUT2D eigenvalue weighted by molar-refractivity contribution is 9.14. The van der Waals surface area contributed by atoms with Gasteiger partial charge in [0.05, 0.1) is 0 Å². The van der Waals surface area contributed by atoms with Crippen LogP contribution in [0, 0.1) is 0 Å². The number of aliphatic carboxylic acids is 1. The molecule has 82 valence electrons. The Hall–Kier alpha value is 0.0900. The maximum absolute atomic E-state index is 10.6. The van der Waals surface area contributed by atoms with Crippen molar-refractivity contribution in [1.29, 1.82) is 0 Å². The zero-order valence-electron chi connectivity index (χ0n) is 7.51. The molecule has 0 aromatic heterocycles. The summed E-state index contributed by atoms with van der Waals surface area (Å²) in [5.74, 6) is -0.999. The van der Waals surface area contributed by atoms with E-state index in [1.807, 2.05) is 12.1 Å². The van der Waals surface area contributed by atoms with Crippen molar-refractivity contribution in [2.45, 2.75) is 12.5 Å². The fourth-order valence-corrected chi connectivity index (χ4v) is 2.54. The third-order valence-electron chi connectivity index (χ3n) is 1.87. The lowest BCUT2D eigenvalue weighted by atomic mass is 10.1. The summed E-state index contributed by atoms with van der Waals surface area (Å²) in [5.41, 5.74) is 6.32. The Morgan fingerprint density at radius 1 is 1.33 bits per heavy atom. The molecule has 0 aliphatic heterocycles. The summed E-state index contributed by atoms with van der Waals surface area (Å²) >= 11 is 10.1. The van der Waals surface area contributed by atoms with Crippen LogP contribution in [0.1, 0.15) is 5.56 Å². The predicted octanol–water partition coefficient (Wildman–Crippen LogP) is 2.93. The molecule has 0 heterocycles. The average molecular weight is 402 g/mol. The van der Waals surface area contributed by atoms with Crippen molar-refractivity contribution < 1.29 is 9.90 Å². The zero-order chi connectivity index (χ0) is 11.6. The number of nitrogens with two attached hydrogens (primary N) is 1. The van der Waals surface area contributed by atoms with Crippen LogP contribution >= 0.6 is 47.8 Å². The second-order valence-corrected chi connectivity index (χ2v) is 5.42. The number of halogens is 3. The first-order chi connectivity index (χ1) is 6.93. The molecule has 15 heavy (non-hydrogen) atoms. The third kappa shape index (κ3) is 3.27. The smallest absolute Gasteiger partial charge is 0.320 e. The van der Waals surface area contributed by atoms with E-state index < -0.39 is 12.0 Å². The van der Waals surface area contributed by atoms with E-state index in [-0.39, 0.29) is 0 Å². The molecular formula is C9H8Br3NO2. The lowest BCUT2D eigenvalue weighted by molar-refractivity contribution is -0.138. The number of carboxylic acids is 1. The van der Waals surface area contributed by atoms with E-state index in [4.69, 9.17) is 10.8 Å². The monoisotopic (exact) mass is 399 g/mol. The van der Waals surface area contributed by atoms with Gasteiger partial charge in [-0.1, -0.05) is 6.07 Å². The van der Waals surface area contributed by atoms with Gasteiger partial charge in [-0.3, -0.25) is 4.79 Å². The van der Waals surface area contributed by atoms with Crippen molar-refractivity contribution in [3.05, 3.63) is 31.1 Å². The van der Waals surface area contributed by atoms with Crippen molar-refractivity contribution in [2.24, 2.45) is 5.73 Å². The highest BCUT2D eigenvalue weighted by atomic mass is 79.9. The van der Waals surface area contributed by atoms with Crippen LogP contribution in [0.4, 0.5) is 0 Å². The van der Waals surface area contributed by atoms with Gasteiger partial charge >= 0.3 is 5.97 Å². The summed E-state index contributed by atoms with van der Waals surface area (Å²) < 4.78 is 2.59. The maximum Gasteiger partial charge on any atom is 0.320 e. The summed E-state index contributed by atoms with van der Waals surface area (Å²) in [4.78, 5) is 10.6. The van der Waals surface area contributed by atoms with Gasteiger partial charge in [0.2, 0.25) is 0 Å². The normalized spacial score (nSPS) is 12.5. The molecule has 1 atom stereocenters. The van der Waals surface area contributed by atoms with Gasteiger partial charge < -0.3 is 10.8 Å². The molecule has 6 heteroatoms. The van der Waals surface area contributed by atoms with Gasteiger partial charge in [-0.05, 0) is 65.8 Å². The highest BCUT2D eigenvalue weighted by Gasteiger charge is 2.15. The molecule has 0 unspecified atom stereocenters. The van der Waals surface area contributed by atoms with Crippen molar-refractivity contribution >= 4 is 53.8 Å². The first-order valence-corrected chi connectivity index (χ1v) is 6.42. The Balaban J connectivity index is 2.97. The Labute approximate surface area is 112 Å². The van der Waals surface area contributed by atoms with E-state index in [0.29, 0.717) is 6.42 Å². The molecule has 1 aromatic carbocycles. The van der Waals surface area contributed by atoms with Crippen LogP contribution in [-0.4, -0.2) is 17.1 Å². The maximum atomic E-state index is 10.6. The molecule has 3 N–H and O–H groups in total. The fraction of sp³-hybridized carbons (Fsp3) is 0.222. The number of benzene rings is 1. The Morgan fingerprint density at radius 3 is 2.47 bits per heavy atom. The molecule has 0 bridgehead atoms. The van der Waals surface area contributed by atoms with Crippen molar-refractivity contribution in [2.75, 3.05) is 0 Å². The van der Waals surface area contributed by atoms with Crippen molar-refractivity contribution in [1.82, 2.24) is 0 Å². The minimum atomic E-state index is -0.999. The van der Waals surface area contributed by atoms with E-state index in [0.717, 1.165) is 19.0 Å². The van der Waals surface area contributed by atoms with Crippen LogP contribution in [0.2, 0.25) is 0 Å². The summed E-state index contributed by atoms with van der Waals surface area (Å²) in [7, 11) is 0. The van der Waals surface area contributed by atoms with Gasteiger partial charge in [-0.2, -0.15) is 0 Å². The summed E-state index contributed by atoms with van der Waals surface area (Å²) in [6.07, 6.45) is 0.293. The molecule has 0 aliphatic carbocycles. The standard InChI is InChI=1S/C9H8Br3NO2/c10-5-2-1-4(7(11)8(5)12)3-6(13)9(14)15/h1-2,6H,3,13H2,(H,14,15)/t6-/m0/s1. The molecule has 0 radical (unpaired) electrons. The first kappa shape index (κ1) is 13.2. The minimum absolute atomic E-state index is 0.293. The van der Waals surface area contributed by atoms with Crippen LogP contribution in [-0.2, 0) is 11.2 Å². The number of hydrogen-bond acceptors (Lipinski definition) is 2. The molecule has 0 fully saturated rings. The number of carboxylic acid groups (broad SMARTS) is 1. The molecular weight excluding hydrogens is 394 g/mol. The van der Waals surface area contributed by atoms with E-state index >= 15 is 0 Å². The summed E-state index contributed by atoms with van der Waals surface area (Å²) in [5, 5.41) is 8.70. The lowest BCUT2D eigenvalue weighted by Gasteiger charge is -2.10. The van der Waals surface area contributed by atoms with E-state index in [1.165, 1.54) is 0 Å². The minimum Gasteiger partial charge on any atom is -0.480 e. The average Bonchev–Trinajstić information content (AvgIpc) is 2.18. The van der Waals surface area contributed by atoms with Gasteiger partial charge in [0.25, 0.3) is 0 Å². The molecule has 0 saturated carbocycles. The summed E-state index contributed by atoms with van der Waals surface area (Å²) in [6.45, 7) is 0. The van der Waals surface area contributed by atoms with Gasteiger partial charge in [0.15, 0.2) is 0 Å². The molecule has 1 aromatic rings. The quantitative estimate of drug-likeness (QED) is 0.765. The van der Waals surface area contributed by atoms with Crippen LogP contribution in [0.5, 0.6) is 0 Å². The van der Waals surface area contributed by atoms with Crippen LogP contribution in [0.3, 0.4) is 0 Å². The van der Waals surface area contributed by atoms with E-state index in [9.17, 15) is 4.79 Å². The van der Waals surface area contributed by atoms with Crippen LogP contribution in [0.25, 0.3) is 0 Å². The van der Waals surface area contributed by atoms with Gasteiger partial charge in [-0.25, -0.2) is 0 Å². The van der Waals surface area contributed by atoms with Crippen LogP contribution < -0.4 is 5.73 Å². The number of hydrogen-bond donors (Lipinski definition) is 2. The lowest BCUT2D eigenvalue weighted by Crippen LogP contribution is -2.32. The Bertz CT molecular complexity index is 395. The number of carbonyl (C=O) groups is 1.